The van der Waals surface area contributed by atoms with Crippen molar-refractivity contribution in [2.24, 2.45) is 11.8 Å². The molecule has 0 radical (unpaired) electrons. The fraction of sp³-hybridized carbons (Fsp3) is 0.450. The number of carbonyl (C=O) groups is 3. The number of Topliss-reactive ketones (excluding diaryl/α,β-unsaturated/α-hetero) is 1. The number of aliphatic hydroxyl groups is 1. The zero-order valence-electron chi connectivity index (χ0n) is 15.3. The maximum Gasteiger partial charge on any atom is 0.417 e. The highest BCUT2D eigenvalue weighted by Crippen LogP contribution is 2.23. The molecule has 1 aromatic rings. The van der Waals surface area contributed by atoms with E-state index in [4.69, 9.17) is 4.74 Å². The zero-order chi connectivity index (χ0) is 19.4. The summed E-state index contributed by atoms with van der Waals surface area (Å²) in [6.45, 7) is 8.37. The second-order valence-corrected chi connectivity index (χ2v) is 6.83. The molecule has 0 bridgehead atoms. The number of aliphatic hydroxyl groups excluding tert-OH is 1. The molecule has 1 heterocycles. The lowest BCUT2D eigenvalue weighted by Crippen LogP contribution is -2.46. The molecule has 1 fully saturated rings. The number of rotatable bonds is 7. The highest BCUT2D eigenvalue weighted by Gasteiger charge is 2.42. The molecule has 1 saturated heterocycles. The van der Waals surface area contributed by atoms with Gasteiger partial charge in [-0.05, 0) is 25.8 Å². The van der Waals surface area contributed by atoms with Crippen molar-refractivity contribution < 1.29 is 24.2 Å². The van der Waals surface area contributed by atoms with Crippen LogP contribution in [0.1, 0.15) is 26.3 Å². The Morgan fingerprint density at radius 1 is 1.31 bits per heavy atom. The highest BCUT2D eigenvalue weighted by atomic mass is 16.6. The van der Waals surface area contributed by atoms with Crippen LogP contribution >= 0.6 is 0 Å². The smallest absolute Gasteiger partial charge is 0.417 e. The fourth-order valence-electron chi connectivity index (χ4n) is 3.07. The van der Waals surface area contributed by atoms with Gasteiger partial charge >= 0.3 is 6.09 Å². The van der Waals surface area contributed by atoms with E-state index in [1.54, 1.807) is 13.8 Å². The van der Waals surface area contributed by atoms with E-state index in [0.29, 0.717) is 12.0 Å². The third-order valence-electron chi connectivity index (χ3n) is 4.74. The number of ether oxygens (including phenoxy) is 1. The van der Waals surface area contributed by atoms with Crippen molar-refractivity contribution in [2.75, 3.05) is 6.61 Å². The first-order chi connectivity index (χ1) is 12.2. The molecule has 0 saturated carbocycles. The molecule has 0 aliphatic carbocycles. The molecule has 6 nitrogen and oxygen atoms in total. The Balaban J connectivity index is 2.13. The molecule has 2 amide bonds. The lowest BCUT2D eigenvalue weighted by Gasteiger charge is -2.25. The maximum atomic E-state index is 12.8. The van der Waals surface area contributed by atoms with E-state index in [1.165, 1.54) is 6.92 Å². The van der Waals surface area contributed by atoms with Crippen molar-refractivity contribution in [2.45, 2.75) is 39.3 Å². The minimum atomic E-state index is -1.05. The van der Waals surface area contributed by atoms with Gasteiger partial charge in [-0.3, -0.25) is 9.59 Å². The topological polar surface area (TPSA) is 83.9 Å². The number of ketones is 1. The standard InChI is InChI=1S/C20H25NO5/c1-12(2)17(22)13(3)18(23)14(4)19(24)21-16(11-26-20(21)25)10-15-8-6-5-7-9-15/h5-9,13-14,16-17,22H,1,10-11H2,2-4H3/t13-,14+,16+,17+/m0/s1. The van der Waals surface area contributed by atoms with Crippen LogP contribution in [-0.2, 0) is 20.7 Å². The SMILES string of the molecule is C=C(C)[C@@H](O)[C@H](C)C(=O)[C@@H](C)C(=O)N1C(=O)OC[C@H]1Cc1ccccc1. The molecule has 140 valence electrons. The maximum absolute atomic E-state index is 12.8. The summed E-state index contributed by atoms with van der Waals surface area (Å²) in [7, 11) is 0. The Bertz CT molecular complexity index is 699. The van der Waals surface area contributed by atoms with E-state index in [0.717, 1.165) is 10.5 Å². The molecule has 2 rings (SSSR count). The van der Waals surface area contributed by atoms with Crippen LogP contribution in [-0.4, -0.2) is 46.5 Å². The normalized spacial score (nSPS) is 20.2. The number of nitrogens with zero attached hydrogens (tertiary/aromatic N) is 1. The summed E-state index contributed by atoms with van der Waals surface area (Å²) < 4.78 is 5.04. The van der Waals surface area contributed by atoms with Gasteiger partial charge in [0.15, 0.2) is 5.78 Å². The minimum Gasteiger partial charge on any atom is -0.447 e. The van der Waals surface area contributed by atoms with E-state index in [9.17, 15) is 19.5 Å². The summed E-state index contributed by atoms with van der Waals surface area (Å²) >= 11 is 0. The minimum absolute atomic E-state index is 0.102. The zero-order valence-corrected chi connectivity index (χ0v) is 15.3. The van der Waals surface area contributed by atoms with E-state index in [2.05, 4.69) is 6.58 Å². The molecule has 0 spiro atoms. The van der Waals surface area contributed by atoms with E-state index in [-0.39, 0.29) is 6.61 Å². The lowest BCUT2D eigenvalue weighted by atomic mass is 9.87. The highest BCUT2D eigenvalue weighted by molar-refractivity contribution is 6.07. The number of carbonyl (C=O) groups excluding carboxylic acids is 3. The summed E-state index contributed by atoms with van der Waals surface area (Å²) in [5.41, 5.74) is 1.42. The van der Waals surface area contributed by atoms with Crippen molar-refractivity contribution in [1.82, 2.24) is 4.90 Å². The predicted molar refractivity (Wildman–Crippen MR) is 96.3 cm³/mol. The lowest BCUT2D eigenvalue weighted by molar-refractivity contribution is -0.141. The van der Waals surface area contributed by atoms with E-state index >= 15 is 0 Å². The van der Waals surface area contributed by atoms with Gasteiger partial charge in [-0.2, -0.15) is 0 Å². The molecular weight excluding hydrogens is 334 g/mol. The van der Waals surface area contributed by atoms with Crippen molar-refractivity contribution >= 4 is 17.8 Å². The molecule has 4 atom stereocenters. The van der Waals surface area contributed by atoms with Gasteiger partial charge in [0.2, 0.25) is 5.91 Å². The predicted octanol–water partition coefficient (Wildman–Crippen LogP) is 2.35. The largest absolute Gasteiger partial charge is 0.447 e. The van der Waals surface area contributed by atoms with Crippen LogP contribution in [0.15, 0.2) is 42.5 Å². The number of imide groups is 1. The second-order valence-electron chi connectivity index (χ2n) is 6.83. The van der Waals surface area contributed by atoms with Crippen LogP contribution in [0.2, 0.25) is 0 Å². The number of benzene rings is 1. The van der Waals surface area contributed by atoms with Crippen LogP contribution in [0.5, 0.6) is 0 Å². The quantitative estimate of drug-likeness (QED) is 0.597. The molecule has 26 heavy (non-hydrogen) atoms. The average Bonchev–Trinajstić information content (AvgIpc) is 2.99. The molecule has 0 unspecified atom stereocenters. The first-order valence-corrected chi connectivity index (χ1v) is 8.65. The Morgan fingerprint density at radius 2 is 1.92 bits per heavy atom. The summed E-state index contributed by atoms with van der Waals surface area (Å²) in [5.74, 6) is -2.86. The molecule has 1 aromatic carbocycles. The first-order valence-electron chi connectivity index (χ1n) is 8.65. The average molecular weight is 359 g/mol. The van der Waals surface area contributed by atoms with E-state index < -0.39 is 41.8 Å². The fourth-order valence-corrected chi connectivity index (χ4v) is 3.07. The van der Waals surface area contributed by atoms with E-state index in [1.807, 2.05) is 30.3 Å². The van der Waals surface area contributed by atoms with Crippen molar-refractivity contribution in [1.29, 1.82) is 0 Å². The van der Waals surface area contributed by atoms with Crippen LogP contribution in [0, 0.1) is 11.8 Å². The molecule has 1 aliphatic rings. The first kappa shape index (κ1) is 19.8. The third kappa shape index (κ3) is 4.19. The number of amides is 2. The molecule has 0 aromatic heterocycles. The summed E-state index contributed by atoms with van der Waals surface area (Å²) in [6, 6.07) is 9.01. The van der Waals surface area contributed by atoms with Crippen LogP contribution in [0.25, 0.3) is 0 Å². The number of hydrogen-bond donors (Lipinski definition) is 1. The number of cyclic esters (lactones) is 1. The van der Waals surface area contributed by atoms with Gasteiger partial charge in [0, 0.05) is 5.92 Å². The van der Waals surface area contributed by atoms with Gasteiger partial charge in [0.1, 0.15) is 6.61 Å². The van der Waals surface area contributed by atoms with Gasteiger partial charge in [-0.1, -0.05) is 49.4 Å². The molecule has 1 aliphatic heterocycles. The van der Waals surface area contributed by atoms with Gasteiger partial charge in [-0.15, -0.1) is 0 Å². The van der Waals surface area contributed by atoms with Gasteiger partial charge in [-0.25, -0.2) is 9.69 Å². The third-order valence-corrected chi connectivity index (χ3v) is 4.74. The van der Waals surface area contributed by atoms with Crippen LogP contribution in [0.4, 0.5) is 4.79 Å². The van der Waals surface area contributed by atoms with Crippen molar-refractivity contribution in [3.8, 4) is 0 Å². The van der Waals surface area contributed by atoms with Crippen LogP contribution < -0.4 is 0 Å². The monoisotopic (exact) mass is 359 g/mol. The van der Waals surface area contributed by atoms with Gasteiger partial charge in [0.05, 0.1) is 18.1 Å². The summed E-state index contributed by atoms with van der Waals surface area (Å²) in [6.07, 6.45) is -1.30. The Labute approximate surface area is 153 Å². The van der Waals surface area contributed by atoms with Crippen molar-refractivity contribution in [3.63, 3.8) is 0 Å². The molecule has 1 N–H and O–H groups in total. The van der Waals surface area contributed by atoms with Crippen molar-refractivity contribution in [3.05, 3.63) is 48.0 Å². The second kappa shape index (κ2) is 8.27. The number of hydrogen-bond acceptors (Lipinski definition) is 5. The Hall–Kier alpha value is -2.47. The Morgan fingerprint density at radius 3 is 2.50 bits per heavy atom. The Kier molecular flexibility index (Phi) is 6.32. The van der Waals surface area contributed by atoms with Gasteiger partial charge < -0.3 is 9.84 Å². The molecule has 6 heteroatoms. The van der Waals surface area contributed by atoms with Gasteiger partial charge in [0.25, 0.3) is 0 Å². The van der Waals surface area contributed by atoms with Crippen LogP contribution in [0.3, 0.4) is 0 Å². The summed E-state index contributed by atoms with van der Waals surface area (Å²) in [4.78, 5) is 38.5. The molecular formula is C20H25NO5. The summed E-state index contributed by atoms with van der Waals surface area (Å²) in [5, 5.41) is 10.0.